The third kappa shape index (κ3) is 2.48. The largest absolute Gasteiger partial charge is 0.349 e. The molecule has 10 atom stereocenters. The molecule has 0 unspecified atom stereocenters. The first-order chi connectivity index (χ1) is 14.3. The van der Waals surface area contributed by atoms with Crippen LogP contribution in [0.25, 0.3) is 0 Å². The summed E-state index contributed by atoms with van der Waals surface area (Å²) in [6, 6.07) is 0. The Balaban J connectivity index is 1.29. The van der Waals surface area contributed by atoms with E-state index in [0.717, 1.165) is 50.0 Å². The monoisotopic (exact) mass is 412 g/mol. The van der Waals surface area contributed by atoms with E-state index in [2.05, 4.69) is 33.8 Å². The lowest BCUT2D eigenvalue weighted by molar-refractivity contribution is -0.272. The molecule has 166 valence electrons. The van der Waals surface area contributed by atoms with Gasteiger partial charge in [-0.15, -0.1) is 0 Å². The van der Waals surface area contributed by atoms with Gasteiger partial charge in [-0.25, -0.2) is 0 Å². The summed E-state index contributed by atoms with van der Waals surface area (Å²) in [6.45, 7) is 10.7. The number of Topliss-reactive ketones (excluding diaryl/α,β-unsaturated/α-hetero) is 1. The first-order valence-corrected chi connectivity index (χ1v) is 12.8. The van der Waals surface area contributed by atoms with E-state index in [9.17, 15) is 4.79 Å². The fourth-order valence-corrected chi connectivity index (χ4v) is 9.49. The van der Waals surface area contributed by atoms with Gasteiger partial charge in [0.25, 0.3) is 0 Å². The van der Waals surface area contributed by atoms with Crippen molar-refractivity contribution in [2.24, 2.45) is 46.3 Å². The zero-order valence-electron chi connectivity index (χ0n) is 19.4. The van der Waals surface area contributed by atoms with E-state index in [4.69, 9.17) is 9.47 Å². The number of ether oxygens (including phenoxy) is 2. The zero-order valence-corrected chi connectivity index (χ0v) is 19.4. The summed E-state index contributed by atoms with van der Waals surface area (Å²) in [5.74, 6) is 4.26. The average molecular weight is 413 g/mol. The number of carbonyl (C=O) groups excluding carboxylic acids is 1. The molecule has 0 radical (unpaired) electrons. The van der Waals surface area contributed by atoms with Crippen LogP contribution in [0.2, 0.25) is 0 Å². The quantitative estimate of drug-likeness (QED) is 0.463. The van der Waals surface area contributed by atoms with Crippen molar-refractivity contribution in [3.8, 4) is 0 Å². The van der Waals surface area contributed by atoms with Gasteiger partial charge in [-0.1, -0.05) is 39.3 Å². The van der Waals surface area contributed by atoms with Crippen molar-refractivity contribution >= 4 is 5.78 Å². The Morgan fingerprint density at radius 3 is 2.67 bits per heavy atom. The molecule has 30 heavy (non-hydrogen) atoms. The minimum Gasteiger partial charge on any atom is -0.349 e. The van der Waals surface area contributed by atoms with Crippen molar-refractivity contribution < 1.29 is 14.3 Å². The Hall–Kier alpha value is -0.670. The molecule has 0 bridgehead atoms. The molecule has 2 saturated heterocycles. The first kappa shape index (κ1) is 20.0. The second kappa shape index (κ2) is 6.44. The smallest absolute Gasteiger partial charge is 0.171 e. The summed E-state index contributed by atoms with van der Waals surface area (Å²) in [5.41, 5.74) is 2.13. The van der Waals surface area contributed by atoms with E-state index in [-0.39, 0.29) is 11.2 Å². The Morgan fingerprint density at radius 1 is 1.07 bits per heavy atom. The summed E-state index contributed by atoms with van der Waals surface area (Å²) in [5, 5.41) is 0. The highest BCUT2D eigenvalue weighted by Gasteiger charge is 2.68. The highest BCUT2D eigenvalue weighted by atomic mass is 16.7. The third-order valence-corrected chi connectivity index (χ3v) is 11.2. The van der Waals surface area contributed by atoms with Crippen LogP contribution in [0.1, 0.15) is 85.5 Å². The normalized spacial score (nSPS) is 57.4. The fourth-order valence-electron chi connectivity index (χ4n) is 9.49. The lowest BCUT2D eigenvalue weighted by Crippen LogP contribution is -2.52. The van der Waals surface area contributed by atoms with Gasteiger partial charge in [0.2, 0.25) is 0 Å². The SMILES string of the molecule is C[C@@H]1CC[C@@]2(OC1)O[C@H]1C[C@@H]3[C@@H]4CC=C5CC(=O)CC[C@]5(C)[C@@H]4CC[C@]3(C)[C@H]1[C@@H]2C. The molecule has 1 spiro atoms. The topological polar surface area (TPSA) is 35.5 Å². The van der Waals surface area contributed by atoms with Crippen LogP contribution < -0.4 is 0 Å². The van der Waals surface area contributed by atoms with Gasteiger partial charge in [-0.3, -0.25) is 4.79 Å². The third-order valence-electron chi connectivity index (χ3n) is 11.2. The van der Waals surface area contributed by atoms with Gasteiger partial charge in [0, 0.05) is 25.2 Å². The van der Waals surface area contributed by atoms with Crippen molar-refractivity contribution in [3.05, 3.63) is 11.6 Å². The van der Waals surface area contributed by atoms with Crippen molar-refractivity contribution in [3.63, 3.8) is 0 Å². The minimum absolute atomic E-state index is 0.270. The number of rotatable bonds is 0. The highest BCUT2D eigenvalue weighted by Crippen LogP contribution is 2.70. The average Bonchev–Trinajstić information content (AvgIpc) is 3.16. The maximum atomic E-state index is 12.1. The second-order valence-corrected chi connectivity index (χ2v) is 12.5. The van der Waals surface area contributed by atoms with Gasteiger partial charge in [-0.2, -0.15) is 0 Å². The molecular formula is C27H40O3. The van der Waals surface area contributed by atoms with Crippen LogP contribution in [0, 0.1) is 46.3 Å². The molecule has 3 nitrogen and oxygen atoms in total. The van der Waals surface area contributed by atoms with Crippen molar-refractivity contribution in [2.75, 3.05) is 6.61 Å². The number of allylic oxidation sites excluding steroid dienone is 2. The molecule has 3 heteroatoms. The number of carbonyl (C=O) groups is 1. The maximum Gasteiger partial charge on any atom is 0.171 e. The van der Waals surface area contributed by atoms with Crippen LogP contribution >= 0.6 is 0 Å². The van der Waals surface area contributed by atoms with Crippen molar-refractivity contribution in [1.82, 2.24) is 0 Å². The van der Waals surface area contributed by atoms with E-state index in [1.54, 1.807) is 0 Å². The van der Waals surface area contributed by atoms with Crippen molar-refractivity contribution in [1.29, 1.82) is 0 Å². The standard InChI is InChI=1S/C27H40O3/c1-16-7-12-27(29-15-16)17(2)24-23(30-27)14-22-20-6-5-18-13-19(28)8-10-25(18,3)21(20)9-11-26(22,24)4/h5,16-17,20-24H,6-15H2,1-4H3/t16-,17+,20-,21-,22-,23+,24+,25+,26+,27-/m1/s1. The molecule has 5 fully saturated rings. The van der Waals surface area contributed by atoms with Gasteiger partial charge in [0.1, 0.15) is 5.78 Å². The summed E-state index contributed by atoms with van der Waals surface area (Å²) in [6.07, 6.45) is 12.9. The van der Waals surface area contributed by atoms with Crippen LogP contribution in [-0.2, 0) is 14.3 Å². The lowest BCUT2D eigenvalue weighted by Gasteiger charge is -2.58. The molecular weight excluding hydrogens is 372 g/mol. The van der Waals surface area contributed by atoms with Gasteiger partial charge in [0.05, 0.1) is 12.7 Å². The fraction of sp³-hybridized carbons (Fsp3) is 0.889. The van der Waals surface area contributed by atoms with Gasteiger partial charge >= 0.3 is 0 Å². The van der Waals surface area contributed by atoms with Crippen LogP contribution in [0.4, 0.5) is 0 Å². The molecule has 0 amide bonds. The van der Waals surface area contributed by atoms with E-state index in [1.807, 2.05) is 0 Å². The van der Waals surface area contributed by atoms with Gasteiger partial charge in [-0.05, 0) is 78.9 Å². The number of hydrogen-bond acceptors (Lipinski definition) is 3. The zero-order chi connectivity index (χ0) is 20.9. The van der Waals surface area contributed by atoms with Gasteiger partial charge < -0.3 is 9.47 Å². The summed E-state index contributed by atoms with van der Waals surface area (Å²) >= 11 is 0. The van der Waals surface area contributed by atoms with E-state index < -0.39 is 0 Å². The molecule has 0 aromatic carbocycles. The maximum absolute atomic E-state index is 12.1. The van der Waals surface area contributed by atoms with E-state index in [0.29, 0.717) is 35.1 Å². The molecule has 0 aromatic heterocycles. The molecule has 6 rings (SSSR count). The Labute approximate surface area is 182 Å². The number of hydrogen-bond donors (Lipinski definition) is 0. The molecule has 0 N–H and O–H groups in total. The molecule has 2 aliphatic heterocycles. The van der Waals surface area contributed by atoms with Gasteiger partial charge in [0.15, 0.2) is 5.79 Å². The first-order valence-electron chi connectivity index (χ1n) is 12.8. The van der Waals surface area contributed by atoms with Crippen molar-refractivity contribution in [2.45, 2.75) is 97.4 Å². The summed E-state index contributed by atoms with van der Waals surface area (Å²) < 4.78 is 13.3. The van der Waals surface area contributed by atoms with Crippen LogP contribution in [0.5, 0.6) is 0 Å². The van der Waals surface area contributed by atoms with Crippen LogP contribution in [-0.4, -0.2) is 24.3 Å². The Kier molecular flexibility index (Phi) is 4.29. The lowest BCUT2D eigenvalue weighted by atomic mass is 9.47. The Morgan fingerprint density at radius 2 is 1.90 bits per heavy atom. The van der Waals surface area contributed by atoms with E-state index in [1.165, 1.54) is 37.7 Å². The molecule has 2 heterocycles. The number of ketones is 1. The highest BCUT2D eigenvalue weighted by molar-refractivity contribution is 5.82. The molecule has 3 saturated carbocycles. The molecule has 0 aromatic rings. The molecule has 4 aliphatic carbocycles. The van der Waals surface area contributed by atoms with Crippen LogP contribution in [0.3, 0.4) is 0 Å². The Bertz CT molecular complexity index is 777. The number of fused-ring (bicyclic) bond motifs is 7. The van der Waals surface area contributed by atoms with E-state index >= 15 is 0 Å². The predicted molar refractivity (Wildman–Crippen MR) is 117 cm³/mol. The summed E-state index contributed by atoms with van der Waals surface area (Å²) in [7, 11) is 0. The predicted octanol–water partition coefficient (Wildman–Crippen LogP) is 5.92. The molecule has 6 aliphatic rings. The van der Waals surface area contributed by atoms with Crippen LogP contribution in [0.15, 0.2) is 11.6 Å². The minimum atomic E-state index is -0.304. The second-order valence-electron chi connectivity index (χ2n) is 12.5. The summed E-state index contributed by atoms with van der Waals surface area (Å²) in [4.78, 5) is 12.1.